The fraction of sp³-hybridized carbons (Fsp3) is 0.409. The monoisotopic (exact) mass is 430 g/mol. The molecule has 0 spiro atoms. The first-order chi connectivity index (χ1) is 14.3. The first-order valence-electron chi connectivity index (χ1n) is 10.0. The van der Waals surface area contributed by atoms with E-state index in [2.05, 4.69) is 4.72 Å². The molecule has 1 amide bonds. The van der Waals surface area contributed by atoms with Gasteiger partial charge in [0.25, 0.3) is 10.0 Å². The third-order valence-corrected chi connectivity index (χ3v) is 7.28. The van der Waals surface area contributed by atoms with Gasteiger partial charge in [0.15, 0.2) is 0 Å². The van der Waals surface area contributed by atoms with Crippen LogP contribution in [0.1, 0.15) is 31.7 Å². The Kier molecular flexibility index (Phi) is 5.36. The molecule has 0 saturated heterocycles. The van der Waals surface area contributed by atoms with Gasteiger partial charge in [-0.15, -0.1) is 0 Å². The van der Waals surface area contributed by atoms with Crippen LogP contribution in [0.5, 0.6) is 11.5 Å². The number of hydrogen-bond donors (Lipinski definition) is 1. The van der Waals surface area contributed by atoms with E-state index in [1.54, 1.807) is 36.4 Å². The van der Waals surface area contributed by atoms with Gasteiger partial charge >= 0.3 is 0 Å². The molecule has 2 aromatic rings. The number of fused-ring (bicyclic) bond motifs is 1. The summed E-state index contributed by atoms with van der Waals surface area (Å²) in [5.41, 5.74) is 1.99. The molecule has 7 nitrogen and oxygen atoms in total. The van der Waals surface area contributed by atoms with Crippen LogP contribution in [0.3, 0.4) is 0 Å². The van der Waals surface area contributed by atoms with Crippen molar-refractivity contribution < 1.29 is 22.7 Å². The maximum absolute atomic E-state index is 13.0. The second kappa shape index (κ2) is 7.83. The number of benzene rings is 2. The highest BCUT2D eigenvalue weighted by Gasteiger charge is 2.37. The van der Waals surface area contributed by atoms with Crippen LogP contribution in [0.15, 0.2) is 41.3 Å². The van der Waals surface area contributed by atoms with Gasteiger partial charge in [0.2, 0.25) is 5.91 Å². The molecular formula is C22H26N2O5S. The molecule has 1 atom stereocenters. The maximum Gasteiger partial charge on any atom is 0.262 e. The summed E-state index contributed by atoms with van der Waals surface area (Å²) in [6, 6.07) is 9.89. The highest BCUT2D eigenvalue weighted by Crippen LogP contribution is 2.39. The first-order valence-corrected chi connectivity index (χ1v) is 11.5. The van der Waals surface area contributed by atoms with Crippen LogP contribution in [0, 0.1) is 5.92 Å². The lowest BCUT2D eigenvalue weighted by Crippen LogP contribution is -2.42. The molecule has 8 heteroatoms. The zero-order valence-electron chi connectivity index (χ0n) is 17.3. The summed E-state index contributed by atoms with van der Waals surface area (Å²) < 4.78 is 39.1. The average Bonchev–Trinajstić information content (AvgIpc) is 3.01. The normalized spacial score (nSPS) is 18.5. The number of nitrogens with one attached hydrogen (secondary N) is 1. The molecule has 30 heavy (non-hydrogen) atoms. The Labute approximate surface area is 177 Å². The second-order valence-corrected chi connectivity index (χ2v) is 9.53. The topological polar surface area (TPSA) is 84.9 Å². The summed E-state index contributed by atoms with van der Waals surface area (Å²) in [5, 5.41) is 0. The predicted molar refractivity (Wildman–Crippen MR) is 115 cm³/mol. The van der Waals surface area contributed by atoms with Gasteiger partial charge in [-0.25, -0.2) is 8.42 Å². The largest absolute Gasteiger partial charge is 0.497 e. The fourth-order valence-corrected chi connectivity index (χ4v) is 5.17. The van der Waals surface area contributed by atoms with E-state index in [-0.39, 0.29) is 22.8 Å². The minimum atomic E-state index is -3.85. The standard InChI is InChI=1S/C22H26N2O5S/c1-14-11-16-12-18(8-9-20(16)24(14)22(25)15-5-4-6-15)30(26,27)23-19-13-17(28-2)7-10-21(19)29-3/h7-10,12-15,23H,4-6,11H2,1-3H3/t14-/m1/s1. The number of amides is 1. The van der Waals surface area contributed by atoms with Gasteiger partial charge in [-0.2, -0.15) is 0 Å². The van der Waals surface area contributed by atoms with Gasteiger partial charge in [-0.05, 0) is 62.1 Å². The molecule has 4 rings (SSSR count). The SMILES string of the molecule is COc1ccc(OC)c(NS(=O)(=O)c2ccc3c(c2)C[C@@H](C)N3C(=O)C2CCC2)c1. The van der Waals surface area contributed by atoms with E-state index in [4.69, 9.17) is 9.47 Å². The molecule has 1 N–H and O–H groups in total. The number of ether oxygens (including phenoxy) is 2. The van der Waals surface area contributed by atoms with Crippen molar-refractivity contribution in [2.75, 3.05) is 23.8 Å². The minimum Gasteiger partial charge on any atom is -0.497 e. The maximum atomic E-state index is 13.0. The highest BCUT2D eigenvalue weighted by molar-refractivity contribution is 7.92. The number of nitrogens with zero attached hydrogens (tertiary/aromatic N) is 1. The van der Waals surface area contributed by atoms with Crippen molar-refractivity contribution in [3.63, 3.8) is 0 Å². The zero-order valence-corrected chi connectivity index (χ0v) is 18.2. The summed E-state index contributed by atoms with van der Waals surface area (Å²) in [6.07, 6.45) is 3.62. The van der Waals surface area contributed by atoms with Crippen LogP contribution in [0.4, 0.5) is 11.4 Å². The quantitative estimate of drug-likeness (QED) is 0.757. The van der Waals surface area contributed by atoms with E-state index < -0.39 is 10.0 Å². The molecule has 0 bridgehead atoms. The van der Waals surface area contributed by atoms with Gasteiger partial charge in [0.1, 0.15) is 11.5 Å². The van der Waals surface area contributed by atoms with Gasteiger partial charge in [0, 0.05) is 23.7 Å². The third kappa shape index (κ3) is 3.60. The van der Waals surface area contributed by atoms with Crippen LogP contribution < -0.4 is 19.1 Å². The van der Waals surface area contributed by atoms with Crippen molar-refractivity contribution in [1.29, 1.82) is 0 Å². The van der Waals surface area contributed by atoms with Gasteiger partial charge < -0.3 is 14.4 Å². The van der Waals surface area contributed by atoms with Gasteiger partial charge in [0.05, 0.1) is 24.8 Å². The average molecular weight is 431 g/mol. The smallest absolute Gasteiger partial charge is 0.262 e. The van der Waals surface area contributed by atoms with Crippen LogP contribution in [0.2, 0.25) is 0 Å². The predicted octanol–water partition coefficient (Wildman–Crippen LogP) is 3.58. The van der Waals surface area contributed by atoms with Gasteiger partial charge in [-0.1, -0.05) is 6.42 Å². The van der Waals surface area contributed by atoms with Crippen molar-refractivity contribution in [3.05, 3.63) is 42.0 Å². The molecule has 1 aliphatic carbocycles. The summed E-state index contributed by atoms with van der Waals surface area (Å²) >= 11 is 0. The van der Waals surface area contributed by atoms with Gasteiger partial charge in [-0.3, -0.25) is 9.52 Å². The van der Waals surface area contributed by atoms with Crippen molar-refractivity contribution >= 4 is 27.3 Å². The molecule has 2 aromatic carbocycles. The number of sulfonamides is 1. The molecule has 1 fully saturated rings. The Morgan fingerprint density at radius 2 is 1.87 bits per heavy atom. The first kappa shape index (κ1) is 20.5. The Morgan fingerprint density at radius 3 is 2.50 bits per heavy atom. The third-order valence-electron chi connectivity index (χ3n) is 5.92. The summed E-state index contributed by atoms with van der Waals surface area (Å²) in [7, 11) is -0.858. The van der Waals surface area contributed by atoms with Crippen molar-refractivity contribution in [3.8, 4) is 11.5 Å². The molecule has 0 unspecified atom stereocenters. The van der Waals surface area contributed by atoms with Crippen molar-refractivity contribution in [2.45, 2.75) is 43.5 Å². The number of rotatable bonds is 6. The van der Waals surface area contributed by atoms with Crippen molar-refractivity contribution in [1.82, 2.24) is 0 Å². The number of anilines is 2. The minimum absolute atomic E-state index is 0.0255. The highest BCUT2D eigenvalue weighted by atomic mass is 32.2. The Morgan fingerprint density at radius 1 is 1.10 bits per heavy atom. The Hall–Kier alpha value is -2.74. The van der Waals surface area contributed by atoms with Crippen LogP contribution in [0.25, 0.3) is 0 Å². The van der Waals surface area contributed by atoms with Crippen molar-refractivity contribution in [2.24, 2.45) is 5.92 Å². The van der Waals surface area contributed by atoms with Crippen LogP contribution >= 0.6 is 0 Å². The lowest BCUT2D eigenvalue weighted by Gasteiger charge is -2.32. The molecule has 160 valence electrons. The molecule has 1 saturated carbocycles. The summed E-state index contributed by atoms with van der Waals surface area (Å²) in [5.74, 6) is 1.17. The molecule has 1 heterocycles. The number of carbonyl (C=O) groups is 1. The van der Waals surface area contributed by atoms with E-state index in [1.807, 2.05) is 11.8 Å². The van der Waals surface area contributed by atoms with Crippen LogP contribution in [-0.2, 0) is 21.2 Å². The van der Waals surface area contributed by atoms with Crippen LogP contribution in [-0.4, -0.2) is 34.6 Å². The number of carbonyl (C=O) groups excluding carboxylic acids is 1. The van der Waals surface area contributed by atoms with E-state index in [9.17, 15) is 13.2 Å². The lowest BCUT2D eigenvalue weighted by atomic mass is 9.84. The number of hydrogen-bond acceptors (Lipinski definition) is 5. The second-order valence-electron chi connectivity index (χ2n) is 7.85. The molecule has 0 radical (unpaired) electrons. The fourth-order valence-electron chi connectivity index (χ4n) is 4.06. The molecule has 0 aromatic heterocycles. The molecule has 1 aliphatic heterocycles. The molecule has 2 aliphatic rings. The Balaban J connectivity index is 1.62. The molecular weight excluding hydrogens is 404 g/mol. The zero-order chi connectivity index (χ0) is 21.5. The van der Waals surface area contributed by atoms with E-state index >= 15 is 0 Å². The summed E-state index contributed by atoms with van der Waals surface area (Å²) in [6.45, 7) is 2.00. The lowest BCUT2D eigenvalue weighted by molar-refractivity contribution is -0.125. The summed E-state index contributed by atoms with van der Waals surface area (Å²) in [4.78, 5) is 14.8. The Bertz CT molecular complexity index is 1080. The van der Waals surface area contributed by atoms with E-state index in [0.717, 1.165) is 30.5 Å². The number of methoxy groups -OCH3 is 2. The van der Waals surface area contributed by atoms with E-state index in [1.165, 1.54) is 14.2 Å². The van der Waals surface area contributed by atoms with E-state index in [0.29, 0.717) is 23.6 Å².